The Morgan fingerprint density at radius 3 is 2.47 bits per heavy atom. The van der Waals surface area contributed by atoms with Crippen molar-refractivity contribution in [3.63, 3.8) is 0 Å². The van der Waals surface area contributed by atoms with E-state index in [1.807, 2.05) is 19.0 Å². The highest BCUT2D eigenvalue weighted by Crippen LogP contribution is 2.31. The molecular formula is C11H15BrClNO3. The molecule has 1 N–H and O–H groups in total. The molecule has 17 heavy (non-hydrogen) atoms. The maximum Gasteiger partial charge on any atom is 0.335 e. The van der Waals surface area contributed by atoms with Crippen molar-refractivity contribution in [3.05, 3.63) is 27.7 Å². The number of ether oxygens (including phenoxy) is 1. The number of rotatable bonds is 4. The predicted octanol–water partition coefficient (Wildman–Crippen LogP) is 2.64. The number of nitrogens with zero attached hydrogens (tertiary/aromatic N) is 1. The van der Waals surface area contributed by atoms with Crippen LogP contribution in [0, 0.1) is 0 Å². The van der Waals surface area contributed by atoms with Gasteiger partial charge in [0.15, 0.2) is 0 Å². The third-order valence-electron chi connectivity index (χ3n) is 2.06. The molecule has 96 valence electrons. The van der Waals surface area contributed by atoms with Crippen LogP contribution >= 0.6 is 28.3 Å². The Morgan fingerprint density at radius 2 is 2.06 bits per heavy atom. The summed E-state index contributed by atoms with van der Waals surface area (Å²) in [6.45, 7) is 0.628. The number of methoxy groups -OCH3 is 1. The molecule has 0 amide bonds. The molecule has 0 bridgehead atoms. The Labute approximate surface area is 115 Å². The topological polar surface area (TPSA) is 49.8 Å². The molecule has 0 aliphatic carbocycles. The Balaban J connectivity index is 0.00000256. The Bertz CT molecular complexity index is 410. The van der Waals surface area contributed by atoms with Gasteiger partial charge in [0.05, 0.1) is 17.1 Å². The van der Waals surface area contributed by atoms with E-state index in [9.17, 15) is 4.79 Å². The van der Waals surface area contributed by atoms with Crippen molar-refractivity contribution in [2.75, 3.05) is 21.2 Å². The second kappa shape index (κ2) is 6.83. The Hall–Kier alpha value is -0.780. The Kier molecular flexibility index (Phi) is 6.52. The minimum absolute atomic E-state index is 0. The third kappa shape index (κ3) is 4.18. The molecule has 0 aliphatic rings. The molecule has 0 heterocycles. The van der Waals surface area contributed by atoms with Gasteiger partial charge in [-0.05, 0) is 42.2 Å². The molecule has 0 spiro atoms. The van der Waals surface area contributed by atoms with Crippen molar-refractivity contribution in [3.8, 4) is 5.75 Å². The fraction of sp³-hybridized carbons (Fsp3) is 0.364. The molecule has 1 aromatic carbocycles. The largest absolute Gasteiger partial charge is 0.495 e. The van der Waals surface area contributed by atoms with Crippen LogP contribution in [0.15, 0.2) is 16.6 Å². The summed E-state index contributed by atoms with van der Waals surface area (Å²) in [4.78, 5) is 12.9. The number of hydrogen-bond acceptors (Lipinski definition) is 3. The van der Waals surface area contributed by atoms with Crippen LogP contribution in [0.3, 0.4) is 0 Å². The molecule has 0 aliphatic heterocycles. The monoisotopic (exact) mass is 323 g/mol. The molecule has 4 nitrogen and oxygen atoms in total. The van der Waals surface area contributed by atoms with Gasteiger partial charge in [-0.15, -0.1) is 12.4 Å². The molecule has 0 saturated carbocycles. The molecule has 0 radical (unpaired) electrons. The summed E-state index contributed by atoms with van der Waals surface area (Å²) in [7, 11) is 5.40. The van der Waals surface area contributed by atoms with Crippen molar-refractivity contribution in [2.45, 2.75) is 6.54 Å². The molecule has 1 aromatic rings. The minimum atomic E-state index is -0.941. The maximum absolute atomic E-state index is 10.9. The van der Waals surface area contributed by atoms with Gasteiger partial charge >= 0.3 is 5.97 Å². The molecular weight excluding hydrogens is 309 g/mol. The third-order valence-corrected chi connectivity index (χ3v) is 2.65. The first kappa shape index (κ1) is 16.2. The van der Waals surface area contributed by atoms with Crippen LogP contribution in [-0.4, -0.2) is 37.2 Å². The van der Waals surface area contributed by atoms with Gasteiger partial charge in [0, 0.05) is 12.1 Å². The van der Waals surface area contributed by atoms with Crippen LogP contribution in [0.2, 0.25) is 0 Å². The van der Waals surface area contributed by atoms with Gasteiger partial charge in [-0.3, -0.25) is 0 Å². The first-order valence-corrected chi connectivity index (χ1v) is 5.49. The molecule has 0 atom stereocenters. The normalized spacial score (nSPS) is 9.94. The highest BCUT2D eigenvalue weighted by Gasteiger charge is 2.13. The summed E-state index contributed by atoms with van der Waals surface area (Å²) in [6, 6.07) is 3.17. The van der Waals surface area contributed by atoms with E-state index >= 15 is 0 Å². The zero-order valence-electron chi connectivity index (χ0n) is 9.86. The summed E-state index contributed by atoms with van der Waals surface area (Å²) in [5, 5.41) is 8.96. The fourth-order valence-electron chi connectivity index (χ4n) is 1.46. The molecule has 6 heteroatoms. The van der Waals surface area contributed by atoms with Crippen LogP contribution in [0.5, 0.6) is 5.75 Å². The highest BCUT2D eigenvalue weighted by atomic mass is 79.9. The lowest BCUT2D eigenvalue weighted by atomic mass is 10.1. The van der Waals surface area contributed by atoms with Crippen molar-refractivity contribution in [2.24, 2.45) is 0 Å². The van der Waals surface area contributed by atoms with E-state index in [-0.39, 0.29) is 18.0 Å². The number of hydrogen-bond donors (Lipinski definition) is 1. The molecule has 1 rings (SSSR count). The molecule has 0 fully saturated rings. The van der Waals surface area contributed by atoms with E-state index in [4.69, 9.17) is 9.84 Å². The average molecular weight is 325 g/mol. The van der Waals surface area contributed by atoms with E-state index in [0.29, 0.717) is 16.8 Å². The van der Waals surface area contributed by atoms with E-state index < -0.39 is 5.97 Å². The standard InChI is InChI=1S/C11H14BrNO3.ClH/c1-13(2)6-8-4-7(11(14)15)5-9(12)10(8)16-3;/h4-5H,6H2,1-3H3,(H,14,15);1H. The van der Waals surface area contributed by atoms with Crippen molar-refractivity contribution < 1.29 is 14.6 Å². The second-order valence-electron chi connectivity index (χ2n) is 3.69. The lowest BCUT2D eigenvalue weighted by Crippen LogP contribution is -2.12. The van der Waals surface area contributed by atoms with Crippen LogP contribution in [0.1, 0.15) is 15.9 Å². The van der Waals surface area contributed by atoms with Gasteiger partial charge < -0.3 is 14.7 Å². The van der Waals surface area contributed by atoms with Gasteiger partial charge in [-0.2, -0.15) is 0 Å². The van der Waals surface area contributed by atoms with Gasteiger partial charge in [-0.1, -0.05) is 0 Å². The van der Waals surface area contributed by atoms with Gasteiger partial charge in [0.25, 0.3) is 0 Å². The lowest BCUT2D eigenvalue weighted by molar-refractivity contribution is 0.0696. The Morgan fingerprint density at radius 1 is 1.47 bits per heavy atom. The first-order valence-electron chi connectivity index (χ1n) is 4.70. The lowest BCUT2D eigenvalue weighted by Gasteiger charge is -2.15. The summed E-state index contributed by atoms with van der Waals surface area (Å²) < 4.78 is 5.90. The van der Waals surface area contributed by atoms with E-state index in [2.05, 4.69) is 15.9 Å². The van der Waals surface area contributed by atoms with Gasteiger partial charge in [0.1, 0.15) is 5.75 Å². The number of carboxylic acid groups (broad SMARTS) is 1. The summed E-state index contributed by atoms with van der Waals surface area (Å²) in [6.07, 6.45) is 0. The predicted molar refractivity (Wildman–Crippen MR) is 72.3 cm³/mol. The summed E-state index contributed by atoms with van der Waals surface area (Å²) in [5.41, 5.74) is 1.10. The maximum atomic E-state index is 10.9. The fourth-order valence-corrected chi connectivity index (χ4v) is 2.12. The minimum Gasteiger partial charge on any atom is -0.495 e. The SMILES string of the molecule is COc1c(Br)cc(C(=O)O)cc1CN(C)C.Cl. The summed E-state index contributed by atoms with van der Waals surface area (Å²) in [5.74, 6) is -0.262. The van der Waals surface area contributed by atoms with E-state index in [0.717, 1.165) is 5.56 Å². The molecule has 0 unspecified atom stereocenters. The van der Waals surface area contributed by atoms with E-state index in [1.165, 1.54) is 0 Å². The number of aromatic carboxylic acids is 1. The van der Waals surface area contributed by atoms with Crippen LogP contribution in [-0.2, 0) is 6.54 Å². The number of carbonyl (C=O) groups is 1. The van der Waals surface area contributed by atoms with Crippen molar-refractivity contribution >= 4 is 34.3 Å². The second-order valence-corrected chi connectivity index (χ2v) is 4.55. The summed E-state index contributed by atoms with van der Waals surface area (Å²) >= 11 is 3.31. The van der Waals surface area contributed by atoms with Crippen LogP contribution < -0.4 is 4.74 Å². The highest BCUT2D eigenvalue weighted by molar-refractivity contribution is 9.10. The number of halogens is 2. The van der Waals surface area contributed by atoms with Gasteiger partial charge in [-0.25, -0.2) is 4.79 Å². The van der Waals surface area contributed by atoms with E-state index in [1.54, 1.807) is 19.2 Å². The average Bonchev–Trinajstić information content (AvgIpc) is 2.16. The molecule has 0 saturated heterocycles. The van der Waals surface area contributed by atoms with Crippen molar-refractivity contribution in [1.29, 1.82) is 0 Å². The molecule has 0 aromatic heterocycles. The van der Waals surface area contributed by atoms with Crippen LogP contribution in [0.25, 0.3) is 0 Å². The zero-order valence-corrected chi connectivity index (χ0v) is 12.3. The number of carboxylic acids is 1. The van der Waals surface area contributed by atoms with Crippen LogP contribution in [0.4, 0.5) is 0 Å². The number of benzene rings is 1. The zero-order chi connectivity index (χ0) is 12.3. The van der Waals surface area contributed by atoms with Gasteiger partial charge in [0.2, 0.25) is 0 Å². The smallest absolute Gasteiger partial charge is 0.335 e. The quantitative estimate of drug-likeness (QED) is 0.925. The van der Waals surface area contributed by atoms with Crippen molar-refractivity contribution in [1.82, 2.24) is 4.90 Å². The first-order chi connectivity index (χ1) is 7.45.